The Hall–Kier alpha value is -0.940. The maximum Gasteiger partial charge on any atom is 0.310 e. The van der Waals surface area contributed by atoms with Gasteiger partial charge in [-0.15, -0.1) is 11.3 Å². The van der Waals surface area contributed by atoms with Crippen molar-refractivity contribution in [3.8, 4) is 0 Å². The minimum Gasteiger partial charge on any atom is -0.481 e. The van der Waals surface area contributed by atoms with Crippen LogP contribution in [0.5, 0.6) is 0 Å². The van der Waals surface area contributed by atoms with E-state index in [1.54, 1.807) is 0 Å². The molecule has 0 saturated carbocycles. The van der Waals surface area contributed by atoms with Crippen LogP contribution in [0.2, 0.25) is 0 Å². The molecule has 0 bridgehead atoms. The van der Waals surface area contributed by atoms with E-state index in [1.807, 2.05) is 27.7 Å². The van der Waals surface area contributed by atoms with Gasteiger partial charge < -0.3 is 9.84 Å². The molecule has 16 heavy (non-hydrogen) atoms. The normalized spacial score (nSPS) is 20.8. The van der Waals surface area contributed by atoms with Crippen molar-refractivity contribution in [2.45, 2.75) is 45.3 Å². The van der Waals surface area contributed by atoms with Gasteiger partial charge in [-0.3, -0.25) is 4.79 Å². The topological polar surface area (TPSA) is 59.4 Å². The van der Waals surface area contributed by atoms with Gasteiger partial charge in [0.1, 0.15) is 10.6 Å². The number of thiazole rings is 1. The third-order valence-electron chi connectivity index (χ3n) is 2.60. The number of carbonyl (C=O) groups is 1. The number of carboxylic acid groups (broad SMARTS) is 1. The van der Waals surface area contributed by atoms with Gasteiger partial charge in [-0.2, -0.15) is 0 Å². The predicted molar refractivity (Wildman–Crippen MR) is 60.6 cm³/mol. The molecule has 0 saturated heterocycles. The number of hydrogen-bond acceptors (Lipinski definition) is 4. The van der Waals surface area contributed by atoms with Gasteiger partial charge >= 0.3 is 5.97 Å². The smallest absolute Gasteiger partial charge is 0.310 e. The summed E-state index contributed by atoms with van der Waals surface area (Å²) in [7, 11) is 0. The van der Waals surface area contributed by atoms with E-state index in [0.29, 0.717) is 5.01 Å². The summed E-state index contributed by atoms with van der Waals surface area (Å²) in [5.41, 5.74) is 0.0954. The molecule has 5 heteroatoms. The van der Waals surface area contributed by atoms with Crippen LogP contribution in [0, 0.1) is 0 Å². The Morgan fingerprint density at radius 3 is 2.50 bits per heavy atom. The Morgan fingerprint density at radius 2 is 2.00 bits per heavy atom. The number of aliphatic carboxylic acids is 1. The number of rotatable bonds is 2. The highest BCUT2D eigenvalue weighted by molar-refractivity contribution is 7.12. The summed E-state index contributed by atoms with van der Waals surface area (Å²) < 4.78 is 5.91. The molecule has 1 N–H and O–H groups in total. The zero-order chi connectivity index (χ0) is 12.1. The van der Waals surface area contributed by atoms with Gasteiger partial charge in [0.05, 0.1) is 22.6 Å². The Labute approximate surface area is 98.3 Å². The number of hydrogen-bond donors (Lipinski definition) is 1. The fraction of sp³-hybridized carbons (Fsp3) is 0.636. The monoisotopic (exact) mass is 241 g/mol. The molecule has 2 heterocycles. The Balaban J connectivity index is 2.44. The number of nitrogens with zero attached hydrogens (tertiary/aromatic N) is 1. The average molecular weight is 241 g/mol. The maximum atomic E-state index is 10.7. The van der Waals surface area contributed by atoms with E-state index in [2.05, 4.69) is 4.98 Å². The molecule has 2 rings (SSSR count). The first kappa shape index (κ1) is 11.5. The van der Waals surface area contributed by atoms with Gasteiger partial charge in [0.25, 0.3) is 0 Å². The fourth-order valence-corrected chi connectivity index (χ4v) is 3.36. The second-order valence-electron chi connectivity index (χ2n) is 4.98. The minimum absolute atomic E-state index is 0.0101. The lowest BCUT2D eigenvalue weighted by Gasteiger charge is -2.24. The molecular formula is C11H15NO3S. The van der Waals surface area contributed by atoms with Gasteiger partial charge in [-0.1, -0.05) is 0 Å². The van der Waals surface area contributed by atoms with Crippen LogP contribution in [0.15, 0.2) is 0 Å². The molecule has 88 valence electrons. The summed E-state index contributed by atoms with van der Waals surface area (Å²) in [6.07, 6.45) is -0.0101. The fourth-order valence-electron chi connectivity index (χ4n) is 2.12. The van der Waals surface area contributed by atoms with E-state index in [4.69, 9.17) is 9.84 Å². The molecule has 0 unspecified atom stereocenters. The molecule has 1 aliphatic rings. The molecule has 4 nitrogen and oxygen atoms in total. The standard InChI is InChI=1S/C11H15NO3S/c1-10(2)8-9(11(3,4)15-10)16-6(12-8)5-7(13)14/h5H2,1-4H3,(H,13,14). The van der Waals surface area contributed by atoms with Crippen molar-refractivity contribution in [2.24, 2.45) is 0 Å². The van der Waals surface area contributed by atoms with E-state index in [0.717, 1.165) is 10.6 Å². The summed E-state index contributed by atoms with van der Waals surface area (Å²) in [6, 6.07) is 0. The molecule has 0 spiro atoms. The number of fused-ring (bicyclic) bond motifs is 1. The van der Waals surface area contributed by atoms with Crippen LogP contribution in [0.3, 0.4) is 0 Å². The van der Waals surface area contributed by atoms with Crippen molar-refractivity contribution in [2.75, 3.05) is 0 Å². The summed E-state index contributed by atoms with van der Waals surface area (Å²) in [5, 5.41) is 9.41. The molecule has 1 aromatic rings. The number of aromatic nitrogens is 1. The van der Waals surface area contributed by atoms with Gasteiger partial charge in [0.15, 0.2) is 0 Å². The highest BCUT2D eigenvalue weighted by Crippen LogP contribution is 2.48. The number of ether oxygens (including phenoxy) is 1. The largest absolute Gasteiger partial charge is 0.481 e. The SMILES string of the molecule is CC1(C)OC(C)(C)c2sc(CC(=O)O)nc21. The predicted octanol–water partition coefficient (Wildman–Crippen LogP) is 2.27. The molecule has 0 radical (unpaired) electrons. The molecular weight excluding hydrogens is 226 g/mol. The summed E-state index contributed by atoms with van der Waals surface area (Å²) >= 11 is 1.44. The Bertz CT molecular complexity index is 417. The van der Waals surface area contributed by atoms with E-state index in [9.17, 15) is 4.79 Å². The first-order chi connectivity index (χ1) is 7.22. The quantitative estimate of drug-likeness (QED) is 0.863. The lowest BCUT2D eigenvalue weighted by atomic mass is 10.0. The van der Waals surface area contributed by atoms with E-state index in [-0.39, 0.29) is 12.0 Å². The van der Waals surface area contributed by atoms with Crippen molar-refractivity contribution in [3.05, 3.63) is 15.6 Å². The van der Waals surface area contributed by atoms with Crippen LogP contribution in [-0.4, -0.2) is 16.1 Å². The average Bonchev–Trinajstić information content (AvgIpc) is 2.51. The van der Waals surface area contributed by atoms with E-state index < -0.39 is 11.6 Å². The Kier molecular flexibility index (Phi) is 2.36. The molecule has 0 fully saturated rings. The van der Waals surface area contributed by atoms with E-state index in [1.165, 1.54) is 11.3 Å². The first-order valence-corrected chi connectivity index (χ1v) is 5.97. The van der Waals surface area contributed by atoms with Crippen molar-refractivity contribution in [3.63, 3.8) is 0 Å². The molecule has 0 atom stereocenters. The molecule has 0 aliphatic carbocycles. The van der Waals surface area contributed by atoms with Gasteiger partial charge in [0, 0.05) is 0 Å². The van der Waals surface area contributed by atoms with Crippen molar-refractivity contribution in [1.29, 1.82) is 0 Å². The van der Waals surface area contributed by atoms with Crippen LogP contribution < -0.4 is 0 Å². The van der Waals surface area contributed by atoms with Crippen molar-refractivity contribution in [1.82, 2.24) is 4.98 Å². The van der Waals surface area contributed by atoms with Crippen LogP contribution in [0.25, 0.3) is 0 Å². The van der Waals surface area contributed by atoms with Crippen molar-refractivity contribution < 1.29 is 14.6 Å². The van der Waals surface area contributed by atoms with Gasteiger partial charge in [-0.05, 0) is 27.7 Å². The van der Waals surface area contributed by atoms with Crippen LogP contribution in [0.1, 0.15) is 43.3 Å². The van der Waals surface area contributed by atoms with Crippen LogP contribution in [-0.2, 0) is 27.2 Å². The zero-order valence-electron chi connectivity index (χ0n) is 9.83. The molecule has 0 aromatic carbocycles. The highest BCUT2D eigenvalue weighted by Gasteiger charge is 2.46. The molecule has 1 aliphatic heterocycles. The molecule has 0 amide bonds. The zero-order valence-corrected chi connectivity index (χ0v) is 10.6. The summed E-state index contributed by atoms with van der Waals surface area (Å²) in [6.45, 7) is 7.91. The van der Waals surface area contributed by atoms with Crippen LogP contribution >= 0.6 is 11.3 Å². The third-order valence-corrected chi connectivity index (χ3v) is 3.96. The second kappa shape index (κ2) is 3.28. The van der Waals surface area contributed by atoms with E-state index >= 15 is 0 Å². The Morgan fingerprint density at radius 1 is 1.38 bits per heavy atom. The number of carboxylic acids is 1. The highest BCUT2D eigenvalue weighted by atomic mass is 32.1. The minimum atomic E-state index is -0.844. The second-order valence-corrected chi connectivity index (χ2v) is 6.06. The lowest BCUT2D eigenvalue weighted by Crippen LogP contribution is -2.23. The lowest BCUT2D eigenvalue weighted by molar-refractivity contribution is -0.136. The molecule has 1 aromatic heterocycles. The van der Waals surface area contributed by atoms with Gasteiger partial charge in [-0.25, -0.2) is 4.98 Å². The first-order valence-electron chi connectivity index (χ1n) is 5.15. The summed E-state index contributed by atoms with van der Waals surface area (Å²) in [4.78, 5) is 16.1. The third kappa shape index (κ3) is 1.74. The van der Waals surface area contributed by atoms with Crippen LogP contribution in [0.4, 0.5) is 0 Å². The maximum absolute atomic E-state index is 10.7. The van der Waals surface area contributed by atoms with Crippen molar-refractivity contribution >= 4 is 17.3 Å². The summed E-state index contributed by atoms with van der Waals surface area (Å²) in [5.74, 6) is -0.844. The van der Waals surface area contributed by atoms with Gasteiger partial charge in [0.2, 0.25) is 0 Å².